The zero-order valence-electron chi connectivity index (χ0n) is 11.5. The van der Waals surface area contributed by atoms with Gasteiger partial charge in [-0.25, -0.2) is 4.68 Å². The fourth-order valence-electron chi connectivity index (χ4n) is 2.22. The predicted molar refractivity (Wildman–Crippen MR) is 78.6 cm³/mol. The van der Waals surface area contributed by atoms with E-state index >= 15 is 0 Å². The van der Waals surface area contributed by atoms with E-state index in [2.05, 4.69) is 33.3 Å². The van der Waals surface area contributed by atoms with E-state index in [1.807, 2.05) is 13.8 Å². The third-order valence-electron chi connectivity index (χ3n) is 3.52. The van der Waals surface area contributed by atoms with Gasteiger partial charge < -0.3 is 10.1 Å². The normalized spacial score (nSPS) is 23.0. The molecule has 0 radical (unpaired) electrons. The SMILES string of the molecule is CC1OCCC1CNc1cnn(C(C)C)c(=O)c1Br. The first-order chi connectivity index (χ1) is 9.00. The summed E-state index contributed by atoms with van der Waals surface area (Å²) < 4.78 is 7.54. The number of halogens is 1. The predicted octanol–water partition coefficient (Wildman–Crippen LogP) is 2.42. The van der Waals surface area contributed by atoms with E-state index in [1.165, 1.54) is 4.68 Å². The van der Waals surface area contributed by atoms with Gasteiger partial charge in [-0.05, 0) is 43.1 Å². The Hall–Kier alpha value is -0.880. The minimum absolute atomic E-state index is 0.0566. The van der Waals surface area contributed by atoms with Crippen molar-refractivity contribution in [1.82, 2.24) is 9.78 Å². The van der Waals surface area contributed by atoms with E-state index < -0.39 is 0 Å². The standard InChI is InChI=1S/C13H20BrN3O2/c1-8(2)17-13(18)12(14)11(7-16-17)15-6-10-4-5-19-9(10)3/h7-10,15H,4-6H2,1-3H3. The Morgan fingerprint density at radius 3 is 2.95 bits per heavy atom. The van der Waals surface area contributed by atoms with Crippen molar-refractivity contribution in [2.45, 2.75) is 39.3 Å². The molecule has 0 aromatic carbocycles. The summed E-state index contributed by atoms with van der Waals surface area (Å²) in [6.45, 7) is 7.58. The number of nitrogens with zero attached hydrogens (tertiary/aromatic N) is 2. The quantitative estimate of drug-likeness (QED) is 0.921. The lowest BCUT2D eigenvalue weighted by Crippen LogP contribution is -2.27. The highest BCUT2D eigenvalue weighted by Crippen LogP contribution is 2.23. The van der Waals surface area contributed by atoms with Crippen LogP contribution < -0.4 is 10.9 Å². The fraction of sp³-hybridized carbons (Fsp3) is 0.692. The Balaban J connectivity index is 2.09. The maximum absolute atomic E-state index is 12.1. The largest absolute Gasteiger partial charge is 0.382 e. The Labute approximate surface area is 121 Å². The minimum Gasteiger partial charge on any atom is -0.382 e. The van der Waals surface area contributed by atoms with Crippen molar-refractivity contribution >= 4 is 21.6 Å². The van der Waals surface area contributed by atoms with E-state index in [4.69, 9.17) is 4.74 Å². The monoisotopic (exact) mass is 329 g/mol. The van der Waals surface area contributed by atoms with Crippen molar-refractivity contribution in [2.24, 2.45) is 5.92 Å². The molecule has 19 heavy (non-hydrogen) atoms. The van der Waals surface area contributed by atoms with Crippen LogP contribution in [-0.4, -0.2) is 29.0 Å². The van der Waals surface area contributed by atoms with E-state index in [0.29, 0.717) is 10.4 Å². The molecule has 5 nitrogen and oxygen atoms in total. The summed E-state index contributed by atoms with van der Waals surface area (Å²) in [7, 11) is 0. The van der Waals surface area contributed by atoms with Crippen LogP contribution in [0.4, 0.5) is 5.69 Å². The van der Waals surface area contributed by atoms with Gasteiger partial charge in [0.1, 0.15) is 4.47 Å². The van der Waals surface area contributed by atoms with Crippen molar-refractivity contribution in [3.8, 4) is 0 Å². The van der Waals surface area contributed by atoms with Crippen LogP contribution in [0.1, 0.15) is 33.2 Å². The Morgan fingerprint density at radius 2 is 2.37 bits per heavy atom. The summed E-state index contributed by atoms with van der Waals surface area (Å²) >= 11 is 3.36. The fourth-order valence-corrected chi connectivity index (χ4v) is 2.65. The summed E-state index contributed by atoms with van der Waals surface area (Å²) in [6.07, 6.45) is 3.03. The molecule has 2 heterocycles. The lowest BCUT2D eigenvalue weighted by Gasteiger charge is -2.17. The molecule has 0 spiro atoms. The second-order valence-corrected chi connectivity index (χ2v) is 6.01. The Kier molecular flexibility index (Phi) is 4.62. The molecule has 1 N–H and O–H groups in total. The molecule has 1 aliphatic heterocycles. The van der Waals surface area contributed by atoms with Gasteiger partial charge in [-0.1, -0.05) is 0 Å². The third-order valence-corrected chi connectivity index (χ3v) is 4.29. The van der Waals surface area contributed by atoms with Crippen molar-refractivity contribution in [1.29, 1.82) is 0 Å². The molecule has 0 saturated carbocycles. The van der Waals surface area contributed by atoms with Crippen LogP contribution in [0.5, 0.6) is 0 Å². The topological polar surface area (TPSA) is 56.1 Å². The molecular weight excluding hydrogens is 310 g/mol. The summed E-state index contributed by atoms with van der Waals surface area (Å²) in [5, 5.41) is 7.47. The minimum atomic E-state index is -0.101. The third kappa shape index (κ3) is 3.17. The molecule has 0 amide bonds. The molecule has 0 aliphatic carbocycles. The van der Waals surface area contributed by atoms with Crippen molar-refractivity contribution in [3.05, 3.63) is 21.0 Å². The van der Waals surface area contributed by atoms with Gasteiger partial charge >= 0.3 is 0 Å². The molecule has 0 bridgehead atoms. The average Bonchev–Trinajstić information content (AvgIpc) is 2.76. The maximum Gasteiger partial charge on any atom is 0.283 e. The summed E-state index contributed by atoms with van der Waals surface area (Å²) in [4.78, 5) is 12.1. The molecule has 1 aromatic heterocycles. The summed E-state index contributed by atoms with van der Waals surface area (Å²) in [5.74, 6) is 0.486. The lowest BCUT2D eigenvalue weighted by molar-refractivity contribution is 0.108. The molecule has 1 aromatic rings. The Morgan fingerprint density at radius 1 is 1.63 bits per heavy atom. The zero-order valence-corrected chi connectivity index (χ0v) is 13.1. The molecule has 2 rings (SSSR count). The second-order valence-electron chi connectivity index (χ2n) is 5.22. The van der Waals surface area contributed by atoms with Crippen LogP contribution in [0, 0.1) is 5.92 Å². The van der Waals surface area contributed by atoms with Gasteiger partial charge in [0.05, 0.1) is 24.0 Å². The van der Waals surface area contributed by atoms with Crippen LogP contribution in [0.25, 0.3) is 0 Å². The van der Waals surface area contributed by atoms with Crippen LogP contribution in [0.15, 0.2) is 15.5 Å². The van der Waals surface area contributed by atoms with Gasteiger partial charge in [0.15, 0.2) is 0 Å². The molecule has 6 heteroatoms. The number of ether oxygens (including phenoxy) is 1. The number of hydrogen-bond acceptors (Lipinski definition) is 4. The highest BCUT2D eigenvalue weighted by molar-refractivity contribution is 9.10. The number of hydrogen-bond donors (Lipinski definition) is 1. The van der Waals surface area contributed by atoms with Gasteiger partial charge in [-0.3, -0.25) is 4.79 Å². The smallest absolute Gasteiger partial charge is 0.283 e. The summed E-state index contributed by atoms with van der Waals surface area (Å²) in [5.41, 5.74) is 0.650. The molecule has 1 aliphatic rings. The van der Waals surface area contributed by atoms with Crippen molar-refractivity contribution < 1.29 is 4.74 Å². The molecule has 1 saturated heterocycles. The van der Waals surface area contributed by atoms with E-state index in [0.717, 1.165) is 25.3 Å². The van der Waals surface area contributed by atoms with Gasteiger partial charge in [0.2, 0.25) is 0 Å². The van der Waals surface area contributed by atoms with Gasteiger partial charge in [-0.15, -0.1) is 0 Å². The number of nitrogens with one attached hydrogen (secondary N) is 1. The molecule has 2 unspecified atom stereocenters. The van der Waals surface area contributed by atoms with Gasteiger partial charge in [0, 0.05) is 19.1 Å². The molecule has 106 valence electrons. The zero-order chi connectivity index (χ0) is 14.0. The van der Waals surface area contributed by atoms with Crippen LogP contribution in [0.3, 0.4) is 0 Å². The van der Waals surface area contributed by atoms with Gasteiger partial charge in [-0.2, -0.15) is 5.10 Å². The molecular formula is C13H20BrN3O2. The lowest BCUT2D eigenvalue weighted by atomic mass is 10.0. The first kappa shape index (κ1) is 14.5. The van der Waals surface area contributed by atoms with Gasteiger partial charge in [0.25, 0.3) is 5.56 Å². The summed E-state index contributed by atoms with van der Waals surface area (Å²) in [6, 6.07) is 0.0566. The van der Waals surface area contributed by atoms with Crippen molar-refractivity contribution in [2.75, 3.05) is 18.5 Å². The second kappa shape index (κ2) is 6.05. The van der Waals surface area contributed by atoms with E-state index in [9.17, 15) is 4.79 Å². The van der Waals surface area contributed by atoms with E-state index in [-0.39, 0.29) is 17.7 Å². The molecule has 1 fully saturated rings. The highest BCUT2D eigenvalue weighted by atomic mass is 79.9. The van der Waals surface area contributed by atoms with Crippen LogP contribution in [-0.2, 0) is 4.74 Å². The van der Waals surface area contributed by atoms with Crippen molar-refractivity contribution in [3.63, 3.8) is 0 Å². The maximum atomic E-state index is 12.1. The first-order valence-electron chi connectivity index (χ1n) is 6.63. The Bertz CT molecular complexity index is 501. The van der Waals surface area contributed by atoms with Crippen LogP contribution >= 0.6 is 15.9 Å². The molecule has 2 atom stereocenters. The highest BCUT2D eigenvalue weighted by Gasteiger charge is 2.24. The number of anilines is 1. The average molecular weight is 330 g/mol. The number of aromatic nitrogens is 2. The number of rotatable bonds is 4. The van der Waals surface area contributed by atoms with Crippen LogP contribution in [0.2, 0.25) is 0 Å². The first-order valence-corrected chi connectivity index (χ1v) is 7.42. The van der Waals surface area contributed by atoms with E-state index in [1.54, 1.807) is 6.20 Å².